The van der Waals surface area contributed by atoms with Crippen LogP contribution in [0.2, 0.25) is 5.02 Å². The first-order valence-corrected chi connectivity index (χ1v) is 10.5. The van der Waals surface area contributed by atoms with Crippen LogP contribution in [0.5, 0.6) is 5.75 Å². The number of rotatable bonds is 7. The third kappa shape index (κ3) is 4.65. The fourth-order valence-electron chi connectivity index (χ4n) is 3.71. The van der Waals surface area contributed by atoms with Gasteiger partial charge >= 0.3 is 0 Å². The van der Waals surface area contributed by atoms with Gasteiger partial charge in [0.2, 0.25) is 10.0 Å². The smallest absolute Gasteiger partial charge is 0.244 e. The van der Waals surface area contributed by atoms with Crippen molar-refractivity contribution in [1.29, 1.82) is 0 Å². The second-order valence-corrected chi connectivity index (χ2v) is 9.02. The SMILES string of the molecule is COCC(C)Oc1ccc(Cl)cc1S(=O)(=O)NC1CC2CCC(C1)N2. The summed E-state index contributed by atoms with van der Waals surface area (Å²) >= 11 is 6.04. The minimum Gasteiger partial charge on any atom is -0.487 e. The first-order valence-electron chi connectivity index (χ1n) is 8.61. The van der Waals surface area contributed by atoms with Gasteiger partial charge in [-0.1, -0.05) is 11.6 Å². The highest BCUT2D eigenvalue weighted by Crippen LogP contribution is 2.31. The largest absolute Gasteiger partial charge is 0.487 e. The zero-order valence-corrected chi connectivity index (χ0v) is 16.1. The van der Waals surface area contributed by atoms with E-state index >= 15 is 0 Å². The molecule has 1 aromatic rings. The maximum Gasteiger partial charge on any atom is 0.244 e. The highest BCUT2D eigenvalue weighted by Gasteiger charge is 2.36. The lowest BCUT2D eigenvalue weighted by Gasteiger charge is -2.29. The third-order valence-electron chi connectivity index (χ3n) is 4.72. The van der Waals surface area contributed by atoms with Crippen molar-refractivity contribution in [2.45, 2.75) is 61.7 Å². The zero-order valence-electron chi connectivity index (χ0n) is 14.5. The molecule has 2 N–H and O–H groups in total. The van der Waals surface area contributed by atoms with Crippen molar-refractivity contribution >= 4 is 21.6 Å². The number of fused-ring (bicyclic) bond motifs is 2. The molecule has 0 amide bonds. The molecule has 2 fully saturated rings. The number of nitrogens with one attached hydrogen (secondary N) is 2. The van der Waals surface area contributed by atoms with E-state index in [1.54, 1.807) is 19.2 Å². The summed E-state index contributed by atoms with van der Waals surface area (Å²) in [6, 6.07) is 5.41. The third-order valence-corrected chi connectivity index (χ3v) is 6.50. The van der Waals surface area contributed by atoms with Crippen molar-refractivity contribution in [2.24, 2.45) is 0 Å². The Labute approximate surface area is 154 Å². The van der Waals surface area contributed by atoms with Crippen molar-refractivity contribution in [3.8, 4) is 5.75 Å². The monoisotopic (exact) mass is 388 g/mol. The van der Waals surface area contributed by atoms with E-state index < -0.39 is 10.0 Å². The molecule has 2 aliphatic rings. The van der Waals surface area contributed by atoms with E-state index in [9.17, 15) is 8.42 Å². The number of sulfonamides is 1. The number of ether oxygens (including phenoxy) is 2. The van der Waals surface area contributed by atoms with Gasteiger partial charge in [0.25, 0.3) is 0 Å². The van der Waals surface area contributed by atoms with Gasteiger partial charge in [0.15, 0.2) is 0 Å². The molecule has 3 rings (SSSR count). The number of methoxy groups -OCH3 is 1. The van der Waals surface area contributed by atoms with Gasteiger partial charge < -0.3 is 14.8 Å². The lowest BCUT2D eigenvalue weighted by molar-refractivity contribution is 0.0901. The number of halogens is 1. The molecule has 2 heterocycles. The van der Waals surface area contributed by atoms with Crippen LogP contribution in [0.4, 0.5) is 0 Å². The maximum atomic E-state index is 12.9. The van der Waals surface area contributed by atoms with E-state index in [1.165, 1.54) is 6.07 Å². The summed E-state index contributed by atoms with van der Waals surface area (Å²) < 4.78 is 39.5. The van der Waals surface area contributed by atoms with Gasteiger partial charge in [0, 0.05) is 30.3 Å². The Bertz CT molecular complexity index is 701. The Kier molecular flexibility index (Phi) is 5.90. The van der Waals surface area contributed by atoms with Gasteiger partial charge in [-0.15, -0.1) is 0 Å². The Hall–Kier alpha value is -0.860. The molecule has 2 saturated heterocycles. The van der Waals surface area contributed by atoms with Crippen LogP contribution in [-0.2, 0) is 14.8 Å². The second kappa shape index (κ2) is 7.80. The average Bonchev–Trinajstić information content (AvgIpc) is 2.87. The summed E-state index contributed by atoms with van der Waals surface area (Å²) in [5.41, 5.74) is 0. The van der Waals surface area contributed by atoms with E-state index in [0.717, 1.165) is 25.7 Å². The maximum absolute atomic E-state index is 12.9. The Morgan fingerprint density at radius 3 is 2.64 bits per heavy atom. The van der Waals surface area contributed by atoms with Crippen molar-refractivity contribution in [1.82, 2.24) is 10.0 Å². The van der Waals surface area contributed by atoms with Crippen LogP contribution < -0.4 is 14.8 Å². The van der Waals surface area contributed by atoms with Gasteiger partial charge in [0.1, 0.15) is 16.7 Å². The summed E-state index contributed by atoms with van der Waals surface area (Å²) in [6.07, 6.45) is 3.58. The van der Waals surface area contributed by atoms with Crippen molar-refractivity contribution in [3.05, 3.63) is 23.2 Å². The van der Waals surface area contributed by atoms with Crippen LogP contribution in [0, 0.1) is 0 Å². The van der Waals surface area contributed by atoms with Crippen LogP contribution in [-0.4, -0.2) is 46.4 Å². The number of piperidine rings is 1. The van der Waals surface area contributed by atoms with E-state index in [4.69, 9.17) is 21.1 Å². The number of hydrogen-bond donors (Lipinski definition) is 2. The van der Waals surface area contributed by atoms with Gasteiger partial charge in [-0.2, -0.15) is 0 Å². The van der Waals surface area contributed by atoms with Crippen molar-refractivity contribution in [2.75, 3.05) is 13.7 Å². The van der Waals surface area contributed by atoms with Gasteiger partial charge in [-0.05, 0) is 50.8 Å². The fourth-order valence-corrected chi connectivity index (χ4v) is 5.37. The van der Waals surface area contributed by atoms with Crippen molar-refractivity contribution < 1.29 is 17.9 Å². The molecule has 0 spiro atoms. The van der Waals surface area contributed by atoms with Gasteiger partial charge in [-0.3, -0.25) is 0 Å². The highest BCUT2D eigenvalue weighted by molar-refractivity contribution is 7.89. The fraction of sp³-hybridized carbons (Fsp3) is 0.647. The predicted octanol–water partition coefficient (Wildman–Crippen LogP) is 2.32. The molecular weight excluding hydrogens is 364 g/mol. The summed E-state index contributed by atoms with van der Waals surface area (Å²) in [5, 5.41) is 3.87. The molecule has 0 aromatic heterocycles. The van der Waals surface area contributed by atoms with Gasteiger partial charge in [0.05, 0.1) is 6.61 Å². The van der Waals surface area contributed by atoms with Crippen LogP contribution >= 0.6 is 11.6 Å². The molecule has 0 saturated carbocycles. The zero-order chi connectivity index (χ0) is 18.0. The molecule has 140 valence electrons. The number of benzene rings is 1. The normalized spacial score (nSPS) is 27.2. The molecule has 2 aliphatic heterocycles. The molecular formula is C17H25ClN2O4S. The lowest BCUT2D eigenvalue weighted by Crippen LogP contribution is -2.48. The topological polar surface area (TPSA) is 76.7 Å². The lowest BCUT2D eigenvalue weighted by atomic mass is 10.0. The van der Waals surface area contributed by atoms with E-state index in [1.807, 2.05) is 6.92 Å². The quantitative estimate of drug-likeness (QED) is 0.749. The number of hydrogen-bond acceptors (Lipinski definition) is 5. The summed E-state index contributed by atoms with van der Waals surface area (Å²) in [7, 11) is -2.15. The first-order chi connectivity index (χ1) is 11.9. The summed E-state index contributed by atoms with van der Waals surface area (Å²) in [6.45, 7) is 2.19. The molecule has 1 aromatic carbocycles. The van der Waals surface area contributed by atoms with Crippen molar-refractivity contribution in [3.63, 3.8) is 0 Å². The van der Waals surface area contributed by atoms with Crippen LogP contribution in [0.3, 0.4) is 0 Å². The molecule has 6 nitrogen and oxygen atoms in total. The molecule has 8 heteroatoms. The molecule has 3 unspecified atom stereocenters. The van der Waals surface area contributed by atoms with Crippen LogP contribution in [0.25, 0.3) is 0 Å². The summed E-state index contributed by atoms with van der Waals surface area (Å²) in [4.78, 5) is 0.0776. The first kappa shape index (κ1) is 18.9. The molecule has 2 bridgehead atoms. The van der Waals surface area contributed by atoms with Gasteiger partial charge in [-0.25, -0.2) is 13.1 Å². The predicted molar refractivity (Wildman–Crippen MR) is 96.7 cm³/mol. The standard InChI is InChI=1S/C17H25ClN2O4S/c1-11(10-23-2)24-16-6-3-12(18)7-17(16)25(21,22)20-15-8-13-4-5-14(9-15)19-13/h3,6-7,11,13-15,19-20H,4-5,8-10H2,1-2H3. The highest BCUT2D eigenvalue weighted by atomic mass is 35.5. The van der Waals surface area contributed by atoms with Crippen LogP contribution in [0.15, 0.2) is 23.1 Å². The second-order valence-electron chi connectivity index (χ2n) is 6.90. The molecule has 3 atom stereocenters. The van der Waals surface area contributed by atoms with E-state index in [0.29, 0.717) is 29.5 Å². The Balaban J connectivity index is 1.79. The van der Waals surface area contributed by atoms with E-state index in [-0.39, 0.29) is 17.0 Å². The Morgan fingerprint density at radius 2 is 2.00 bits per heavy atom. The minimum absolute atomic E-state index is 0.0630. The molecule has 0 radical (unpaired) electrons. The van der Waals surface area contributed by atoms with E-state index in [2.05, 4.69) is 10.0 Å². The van der Waals surface area contributed by atoms with Crippen LogP contribution in [0.1, 0.15) is 32.6 Å². The summed E-state index contributed by atoms with van der Waals surface area (Å²) in [5.74, 6) is 0.290. The minimum atomic E-state index is -3.72. The average molecular weight is 389 g/mol. The molecule has 25 heavy (non-hydrogen) atoms. The molecule has 0 aliphatic carbocycles. The Morgan fingerprint density at radius 1 is 1.32 bits per heavy atom.